The molecule has 1 unspecified atom stereocenters. The van der Waals surface area contributed by atoms with Crippen molar-refractivity contribution in [3.8, 4) is 0 Å². The third-order valence-corrected chi connectivity index (χ3v) is 2.58. The molecule has 0 saturated heterocycles. The number of halogens is 1. The fraction of sp³-hybridized carbons (Fsp3) is 0.400. The van der Waals surface area contributed by atoms with Crippen molar-refractivity contribution in [3.05, 3.63) is 28.8 Å². The normalized spacial score (nSPS) is 21.5. The average molecular weight is 198 g/mol. The van der Waals surface area contributed by atoms with Crippen molar-refractivity contribution in [2.75, 3.05) is 11.9 Å². The molecular formula is C10H12ClNO. The van der Waals surface area contributed by atoms with Crippen LogP contribution in [0.5, 0.6) is 0 Å². The number of aliphatic hydroxyl groups excluding tert-OH is 1. The fourth-order valence-electron chi connectivity index (χ4n) is 1.65. The lowest BCUT2D eigenvalue weighted by atomic mass is 10.1. The number of anilines is 1. The lowest BCUT2D eigenvalue weighted by Gasteiger charge is -2.11. The summed E-state index contributed by atoms with van der Waals surface area (Å²) in [5, 5.41) is 13.7. The van der Waals surface area contributed by atoms with Crippen molar-refractivity contribution in [3.63, 3.8) is 0 Å². The Hall–Kier alpha value is -0.730. The maximum Gasteiger partial charge on any atom is 0.0810 e. The molecule has 13 heavy (non-hydrogen) atoms. The van der Waals surface area contributed by atoms with Crippen LogP contribution in [0.2, 0.25) is 5.02 Å². The first kappa shape index (κ1) is 8.85. The molecule has 0 saturated carbocycles. The number of hydrogen-bond acceptors (Lipinski definition) is 2. The first-order chi connectivity index (χ1) is 6.27. The molecule has 3 heteroatoms. The largest absolute Gasteiger partial charge is 0.388 e. The monoisotopic (exact) mass is 197 g/mol. The zero-order valence-electron chi connectivity index (χ0n) is 7.26. The van der Waals surface area contributed by atoms with Gasteiger partial charge in [0.2, 0.25) is 0 Å². The maximum atomic E-state index is 9.75. The van der Waals surface area contributed by atoms with Crippen molar-refractivity contribution in [2.24, 2.45) is 0 Å². The van der Waals surface area contributed by atoms with Crippen molar-refractivity contribution < 1.29 is 5.11 Å². The van der Waals surface area contributed by atoms with E-state index in [1.807, 2.05) is 18.2 Å². The van der Waals surface area contributed by atoms with Crippen LogP contribution in [0.3, 0.4) is 0 Å². The van der Waals surface area contributed by atoms with Crippen LogP contribution < -0.4 is 5.32 Å². The Morgan fingerprint density at radius 3 is 3.15 bits per heavy atom. The van der Waals surface area contributed by atoms with Crippen LogP contribution in [-0.2, 0) is 0 Å². The third-order valence-electron chi connectivity index (χ3n) is 2.34. The Bertz CT molecular complexity index is 314. The van der Waals surface area contributed by atoms with Gasteiger partial charge in [0.25, 0.3) is 0 Å². The lowest BCUT2D eigenvalue weighted by Crippen LogP contribution is -1.99. The van der Waals surface area contributed by atoms with Crippen LogP contribution in [0.25, 0.3) is 0 Å². The van der Waals surface area contributed by atoms with E-state index in [1.54, 1.807) is 0 Å². The minimum Gasteiger partial charge on any atom is -0.388 e. The second kappa shape index (κ2) is 3.56. The number of aliphatic hydroxyl groups is 1. The first-order valence-electron chi connectivity index (χ1n) is 4.49. The van der Waals surface area contributed by atoms with E-state index in [4.69, 9.17) is 11.6 Å². The Labute approximate surface area is 82.5 Å². The molecule has 2 N–H and O–H groups in total. The fourth-order valence-corrected chi connectivity index (χ4v) is 1.82. The first-order valence-corrected chi connectivity index (χ1v) is 4.86. The van der Waals surface area contributed by atoms with E-state index < -0.39 is 0 Å². The molecule has 2 rings (SSSR count). The predicted molar refractivity (Wildman–Crippen MR) is 54.1 cm³/mol. The molecule has 2 nitrogen and oxygen atoms in total. The molecule has 0 bridgehead atoms. The highest BCUT2D eigenvalue weighted by Gasteiger charge is 2.15. The van der Waals surface area contributed by atoms with E-state index >= 15 is 0 Å². The molecule has 0 aliphatic carbocycles. The minimum absolute atomic E-state index is 0.345. The topological polar surface area (TPSA) is 32.3 Å². The van der Waals surface area contributed by atoms with Crippen LogP contribution in [-0.4, -0.2) is 11.7 Å². The smallest absolute Gasteiger partial charge is 0.0810 e. The van der Waals surface area contributed by atoms with Gasteiger partial charge in [-0.2, -0.15) is 0 Å². The SMILES string of the molecule is OC1CCCNc2cc(Cl)ccc21. The Balaban J connectivity index is 2.42. The molecule has 1 aliphatic heterocycles. The molecule has 1 heterocycles. The van der Waals surface area contributed by atoms with Gasteiger partial charge in [-0.05, 0) is 25.0 Å². The molecule has 0 spiro atoms. The molecule has 0 fully saturated rings. The van der Waals surface area contributed by atoms with Gasteiger partial charge >= 0.3 is 0 Å². The highest BCUT2D eigenvalue weighted by molar-refractivity contribution is 6.30. The predicted octanol–water partition coefficient (Wildman–Crippen LogP) is 2.58. The average Bonchev–Trinajstić information content (AvgIpc) is 2.28. The van der Waals surface area contributed by atoms with Gasteiger partial charge in [0.1, 0.15) is 0 Å². The number of hydrogen-bond donors (Lipinski definition) is 2. The van der Waals surface area contributed by atoms with Gasteiger partial charge in [0.15, 0.2) is 0 Å². The number of fused-ring (bicyclic) bond motifs is 1. The summed E-state index contributed by atoms with van der Waals surface area (Å²) in [6.07, 6.45) is 1.47. The molecule has 70 valence electrons. The maximum absolute atomic E-state index is 9.75. The summed E-state index contributed by atoms with van der Waals surface area (Å²) in [6.45, 7) is 0.907. The summed E-state index contributed by atoms with van der Waals surface area (Å²) in [5.41, 5.74) is 1.93. The van der Waals surface area contributed by atoms with Crippen LogP contribution in [0.4, 0.5) is 5.69 Å². The van der Waals surface area contributed by atoms with Gasteiger partial charge in [-0.3, -0.25) is 0 Å². The molecule has 1 aromatic rings. The van der Waals surface area contributed by atoms with E-state index in [1.165, 1.54) is 0 Å². The van der Waals surface area contributed by atoms with E-state index in [2.05, 4.69) is 5.32 Å². The molecule has 0 amide bonds. The van der Waals surface area contributed by atoms with Crippen LogP contribution >= 0.6 is 11.6 Å². The number of rotatable bonds is 0. The van der Waals surface area contributed by atoms with Gasteiger partial charge in [0.05, 0.1) is 6.10 Å². The van der Waals surface area contributed by atoms with E-state index in [-0.39, 0.29) is 6.10 Å². The minimum atomic E-state index is -0.345. The summed E-state index contributed by atoms with van der Waals surface area (Å²) in [6, 6.07) is 5.57. The molecule has 1 aromatic carbocycles. The van der Waals surface area contributed by atoms with Gasteiger partial charge in [-0.25, -0.2) is 0 Å². The molecule has 0 aromatic heterocycles. The summed E-state index contributed by atoms with van der Waals surface area (Å²) in [4.78, 5) is 0. The quantitative estimate of drug-likeness (QED) is 0.670. The molecule has 1 atom stereocenters. The lowest BCUT2D eigenvalue weighted by molar-refractivity contribution is 0.168. The highest BCUT2D eigenvalue weighted by Crippen LogP contribution is 2.31. The van der Waals surface area contributed by atoms with Crippen molar-refractivity contribution in [2.45, 2.75) is 18.9 Å². The van der Waals surface area contributed by atoms with E-state index in [0.29, 0.717) is 5.02 Å². The number of benzene rings is 1. The molecule has 0 radical (unpaired) electrons. The Morgan fingerprint density at radius 2 is 2.31 bits per heavy atom. The highest BCUT2D eigenvalue weighted by atomic mass is 35.5. The van der Waals surface area contributed by atoms with Crippen LogP contribution in [0.15, 0.2) is 18.2 Å². The third kappa shape index (κ3) is 1.79. The van der Waals surface area contributed by atoms with Crippen molar-refractivity contribution in [1.82, 2.24) is 0 Å². The van der Waals surface area contributed by atoms with Crippen LogP contribution in [0.1, 0.15) is 24.5 Å². The summed E-state index contributed by atoms with van der Waals surface area (Å²) >= 11 is 5.86. The summed E-state index contributed by atoms with van der Waals surface area (Å²) in [5.74, 6) is 0. The zero-order chi connectivity index (χ0) is 9.26. The van der Waals surface area contributed by atoms with Gasteiger partial charge in [-0.1, -0.05) is 17.7 Å². The standard InChI is InChI=1S/C10H12ClNO/c11-7-3-4-8-9(6-7)12-5-1-2-10(8)13/h3-4,6,10,12-13H,1-2,5H2. The molecule has 1 aliphatic rings. The van der Waals surface area contributed by atoms with Gasteiger partial charge in [-0.15, -0.1) is 0 Å². The van der Waals surface area contributed by atoms with Gasteiger partial charge < -0.3 is 10.4 Å². The summed E-state index contributed by atoms with van der Waals surface area (Å²) < 4.78 is 0. The van der Waals surface area contributed by atoms with Crippen molar-refractivity contribution in [1.29, 1.82) is 0 Å². The Kier molecular flexibility index (Phi) is 2.42. The second-order valence-electron chi connectivity index (χ2n) is 3.32. The van der Waals surface area contributed by atoms with Crippen LogP contribution in [0, 0.1) is 0 Å². The zero-order valence-corrected chi connectivity index (χ0v) is 8.01. The second-order valence-corrected chi connectivity index (χ2v) is 3.75. The van der Waals surface area contributed by atoms with E-state index in [0.717, 1.165) is 30.6 Å². The van der Waals surface area contributed by atoms with Gasteiger partial charge in [0, 0.05) is 22.8 Å². The van der Waals surface area contributed by atoms with Crippen molar-refractivity contribution >= 4 is 17.3 Å². The van der Waals surface area contributed by atoms with E-state index in [9.17, 15) is 5.11 Å². The summed E-state index contributed by atoms with van der Waals surface area (Å²) in [7, 11) is 0. The number of nitrogens with one attached hydrogen (secondary N) is 1. The Morgan fingerprint density at radius 1 is 1.46 bits per heavy atom. The molecular weight excluding hydrogens is 186 g/mol.